The van der Waals surface area contributed by atoms with Crippen molar-refractivity contribution in [2.24, 2.45) is 0 Å². The van der Waals surface area contributed by atoms with Crippen LogP contribution in [0.25, 0.3) is 55.3 Å². The van der Waals surface area contributed by atoms with E-state index in [1.807, 2.05) is 35.0 Å². The second-order valence-electron chi connectivity index (χ2n) is 8.80. The van der Waals surface area contributed by atoms with Crippen LogP contribution in [0.15, 0.2) is 85.0 Å². The van der Waals surface area contributed by atoms with Gasteiger partial charge >= 0.3 is 0 Å². The van der Waals surface area contributed by atoms with E-state index in [-0.39, 0.29) is 6.42 Å². The van der Waals surface area contributed by atoms with Crippen molar-refractivity contribution in [3.63, 3.8) is 0 Å². The van der Waals surface area contributed by atoms with E-state index in [1.165, 1.54) is 17.8 Å². The number of benzene rings is 1. The summed E-state index contributed by atoms with van der Waals surface area (Å²) in [4.78, 5) is 9.46. The molecule has 6 heteroatoms. The lowest BCUT2D eigenvalue weighted by atomic mass is 10.1. The lowest BCUT2D eigenvalue weighted by molar-refractivity contribution is 0.369. The maximum atomic E-state index is 14.5. The predicted molar refractivity (Wildman–Crippen MR) is 134 cm³/mol. The zero-order valence-corrected chi connectivity index (χ0v) is 18.2. The first-order chi connectivity index (χ1) is 16.7. The monoisotopic (exact) mass is 450 g/mol. The lowest BCUT2D eigenvalue weighted by Gasteiger charge is -2.16. The third kappa shape index (κ3) is 2.68. The Morgan fingerprint density at radius 2 is 1.82 bits per heavy atom. The van der Waals surface area contributed by atoms with E-state index in [4.69, 9.17) is 4.98 Å². The molecule has 1 aromatic carbocycles. The molecule has 4 nitrogen and oxygen atoms in total. The van der Waals surface area contributed by atoms with Crippen molar-refractivity contribution < 1.29 is 8.78 Å². The number of hydrogen-bond acceptors (Lipinski definition) is 2. The van der Waals surface area contributed by atoms with Crippen LogP contribution in [-0.2, 0) is 0 Å². The second-order valence-corrected chi connectivity index (χ2v) is 8.80. The summed E-state index contributed by atoms with van der Waals surface area (Å²) < 4.78 is 33.1. The first-order valence-electron chi connectivity index (χ1n) is 11.5. The van der Waals surface area contributed by atoms with Gasteiger partial charge in [-0.05, 0) is 49.3 Å². The number of allylic oxidation sites excluding steroid dienone is 8. The fourth-order valence-electron chi connectivity index (χ4n) is 5.40. The molecule has 4 heterocycles. The minimum atomic E-state index is -1.38. The molecule has 0 fully saturated rings. The van der Waals surface area contributed by atoms with Crippen molar-refractivity contribution in [1.82, 2.24) is 19.1 Å². The van der Waals surface area contributed by atoms with Crippen LogP contribution in [0.3, 0.4) is 0 Å². The van der Waals surface area contributed by atoms with Gasteiger partial charge in [0.05, 0.1) is 28.3 Å². The summed E-state index contributed by atoms with van der Waals surface area (Å²) in [6.07, 6.45) is 13.2. The Labute approximate surface area is 193 Å². The van der Waals surface area contributed by atoms with Gasteiger partial charge in [0.1, 0.15) is 23.0 Å². The van der Waals surface area contributed by atoms with E-state index in [9.17, 15) is 8.78 Å². The molecule has 1 unspecified atom stereocenters. The van der Waals surface area contributed by atoms with Gasteiger partial charge < -0.3 is 9.13 Å². The molecule has 0 aliphatic heterocycles. The highest BCUT2D eigenvalue weighted by molar-refractivity contribution is 6.24. The quantitative estimate of drug-likeness (QED) is 0.282. The van der Waals surface area contributed by atoms with Gasteiger partial charge in [-0.1, -0.05) is 30.4 Å². The molecule has 34 heavy (non-hydrogen) atoms. The largest absolute Gasteiger partial charge is 0.311 e. The highest BCUT2D eigenvalue weighted by Gasteiger charge is 2.25. The summed E-state index contributed by atoms with van der Waals surface area (Å²) in [6.45, 7) is 0. The lowest BCUT2D eigenvalue weighted by Crippen LogP contribution is -2.07. The van der Waals surface area contributed by atoms with E-state index in [1.54, 1.807) is 6.20 Å². The molecule has 0 bridgehead atoms. The molecule has 2 aliphatic rings. The third-order valence-corrected chi connectivity index (χ3v) is 6.75. The number of rotatable bonds is 2. The van der Waals surface area contributed by atoms with Gasteiger partial charge in [-0.15, -0.1) is 0 Å². The van der Waals surface area contributed by atoms with Crippen LogP contribution in [0.5, 0.6) is 0 Å². The maximum Gasteiger partial charge on any atom is 0.127 e. The number of pyridine rings is 2. The van der Waals surface area contributed by atoms with Gasteiger partial charge in [0, 0.05) is 34.8 Å². The zero-order valence-electron chi connectivity index (χ0n) is 18.2. The van der Waals surface area contributed by atoms with Crippen molar-refractivity contribution in [3.05, 3.63) is 85.0 Å². The van der Waals surface area contributed by atoms with Gasteiger partial charge in [0.15, 0.2) is 0 Å². The van der Waals surface area contributed by atoms with Crippen molar-refractivity contribution >= 4 is 55.3 Å². The minimum absolute atomic E-state index is 0.229. The number of halogens is 2. The fraction of sp³-hybridized carbons (Fsp3) is 0.143. The third-order valence-electron chi connectivity index (χ3n) is 6.75. The zero-order chi connectivity index (χ0) is 22.8. The summed E-state index contributed by atoms with van der Waals surface area (Å²) in [6, 6.07) is 12.0. The Morgan fingerprint density at radius 1 is 0.941 bits per heavy atom. The Kier molecular flexibility index (Phi) is 4.12. The average molecular weight is 450 g/mol. The van der Waals surface area contributed by atoms with E-state index >= 15 is 0 Å². The van der Waals surface area contributed by atoms with Crippen molar-refractivity contribution in [3.8, 4) is 0 Å². The van der Waals surface area contributed by atoms with Gasteiger partial charge in [-0.25, -0.2) is 8.78 Å². The Morgan fingerprint density at radius 3 is 2.68 bits per heavy atom. The van der Waals surface area contributed by atoms with Crippen molar-refractivity contribution in [2.75, 3.05) is 0 Å². The normalized spacial score (nSPS) is 18.6. The summed E-state index contributed by atoms with van der Waals surface area (Å²) >= 11 is 0. The van der Waals surface area contributed by atoms with Crippen molar-refractivity contribution in [2.45, 2.75) is 25.4 Å². The van der Waals surface area contributed by atoms with E-state index in [0.717, 1.165) is 51.2 Å². The molecular weight excluding hydrogens is 430 g/mol. The van der Waals surface area contributed by atoms with E-state index < -0.39 is 12.0 Å². The Bertz CT molecular complexity index is 1760. The number of alkyl halides is 1. The molecule has 0 saturated heterocycles. The smallest absolute Gasteiger partial charge is 0.127 e. The number of nitrogens with zero attached hydrogens (tertiary/aromatic N) is 4. The van der Waals surface area contributed by atoms with E-state index in [0.29, 0.717) is 11.2 Å². The molecule has 5 aromatic rings. The molecule has 0 saturated carbocycles. The second kappa shape index (κ2) is 7.22. The SMILES string of the molecule is FC1=CC(n2c3cccnc3c3ncc4c(c5ccccc5n4C4=CC=CCC4)c32)=CC(F)C1. The molecule has 7 rings (SSSR count). The maximum absolute atomic E-state index is 14.5. The fourth-order valence-corrected chi connectivity index (χ4v) is 5.40. The highest BCUT2D eigenvalue weighted by atomic mass is 19.1. The average Bonchev–Trinajstić information content (AvgIpc) is 3.37. The predicted octanol–water partition coefficient (Wildman–Crippen LogP) is 7.32. The Hall–Kier alpha value is -4.06. The molecule has 166 valence electrons. The summed E-state index contributed by atoms with van der Waals surface area (Å²) in [5.74, 6) is -0.467. The van der Waals surface area contributed by atoms with Crippen LogP contribution in [0, 0.1) is 0 Å². The minimum Gasteiger partial charge on any atom is -0.311 e. The van der Waals surface area contributed by atoms with Crippen LogP contribution < -0.4 is 0 Å². The summed E-state index contributed by atoms with van der Waals surface area (Å²) in [5, 5.41) is 2.08. The van der Waals surface area contributed by atoms with Crippen LogP contribution >= 0.6 is 0 Å². The first-order valence-corrected chi connectivity index (χ1v) is 11.5. The summed E-state index contributed by atoms with van der Waals surface area (Å²) in [5.41, 5.74) is 6.75. The molecule has 1 atom stereocenters. The molecule has 4 aromatic heterocycles. The highest BCUT2D eigenvalue weighted by Crippen LogP contribution is 2.41. The number of aromatic nitrogens is 4. The molecule has 2 aliphatic carbocycles. The number of fused-ring (bicyclic) bond motifs is 7. The van der Waals surface area contributed by atoms with Gasteiger partial charge in [-0.2, -0.15) is 0 Å². The Balaban J connectivity index is 1.71. The number of hydrogen-bond donors (Lipinski definition) is 0. The molecule has 0 spiro atoms. The van der Waals surface area contributed by atoms with Crippen LogP contribution in [0.4, 0.5) is 8.78 Å². The molecular formula is C28H20F2N4. The topological polar surface area (TPSA) is 35.6 Å². The van der Waals surface area contributed by atoms with Crippen LogP contribution in [-0.4, -0.2) is 25.3 Å². The van der Waals surface area contributed by atoms with Crippen LogP contribution in [0.2, 0.25) is 0 Å². The van der Waals surface area contributed by atoms with Gasteiger partial charge in [-0.3, -0.25) is 9.97 Å². The van der Waals surface area contributed by atoms with Crippen LogP contribution in [0.1, 0.15) is 19.3 Å². The molecule has 0 radical (unpaired) electrons. The molecule has 0 N–H and O–H groups in total. The number of para-hydroxylation sites is 1. The van der Waals surface area contributed by atoms with E-state index in [2.05, 4.69) is 39.9 Å². The van der Waals surface area contributed by atoms with Crippen molar-refractivity contribution in [1.29, 1.82) is 0 Å². The molecule has 0 amide bonds. The van der Waals surface area contributed by atoms with Gasteiger partial charge in [0.25, 0.3) is 0 Å². The standard InChI is InChI=1S/C28H20F2N4/c29-17-13-18(30)15-20(14-17)34-23-11-6-12-31-26(23)27-28(34)25-21-9-4-5-10-22(21)33(24(25)16-32-27)19-7-2-1-3-8-19/h1-2,4-7,9-12,14-17H,3,8,13H2. The van der Waals surface area contributed by atoms with Gasteiger partial charge in [0.2, 0.25) is 0 Å². The summed E-state index contributed by atoms with van der Waals surface area (Å²) in [7, 11) is 0. The first kappa shape index (κ1) is 19.4.